The van der Waals surface area contributed by atoms with Gasteiger partial charge >= 0.3 is 0 Å². The second-order valence-electron chi connectivity index (χ2n) is 3.91. The second kappa shape index (κ2) is 8.15. The molecule has 2 nitrogen and oxygen atoms in total. The average Bonchev–Trinajstić information content (AvgIpc) is 2.33. The van der Waals surface area contributed by atoms with E-state index in [1.54, 1.807) is 6.08 Å². The van der Waals surface area contributed by atoms with Crippen LogP contribution in [-0.2, 0) is 6.54 Å². The third-order valence-electron chi connectivity index (χ3n) is 2.45. The monoisotopic (exact) mass is 253 g/mol. The molecule has 0 radical (unpaired) electrons. The van der Waals surface area contributed by atoms with Crippen LogP contribution in [0, 0.1) is 6.92 Å². The Morgan fingerprint density at radius 3 is 2.94 bits per heavy atom. The summed E-state index contributed by atoms with van der Waals surface area (Å²) in [6.07, 6.45) is 2.92. The van der Waals surface area contributed by atoms with Gasteiger partial charge in [0.25, 0.3) is 0 Å². The Bertz CT molecular complexity index is 363. The Morgan fingerprint density at radius 2 is 2.24 bits per heavy atom. The van der Waals surface area contributed by atoms with Gasteiger partial charge in [0.2, 0.25) is 0 Å². The zero-order valence-electron chi connectivity index (χ0n) is 10.5. The number of halogens is 1. The molecular weight excluding hydrogens is 234 g/mol. The number of ether oxygens (including phenoxy) is 1. The van der Waals surface area contributed by atoms with Crippen LogP contribution in [0.4, 0.5) is 0 Å². The molecule has 0 fully saturated rings. The van der Waals surface area contributed by atoms with Gasteiger partial charge in [0.05, 0.1) is 0 Å². The maximum Gasteiger partial charge on any atom is 0.127 e. The Labute approximate surface area is 109 Å². The highest BCUT2D eigenvalue weighted by atomic mass is 35.5. The lowest BCUT2D eigenvalue weighted by molar-refractivity contribution is 0.355. The number of rotatable bonds is 7. The Balaban J connectivity index is 2.69. The fraction of sp³-hybridized carbons (Fsp3) is 0.429. The van der Waals surface area contributed by atoms with Gasteiger partial charge in [-0.2, -0.15) is 0 Å². The summed E-state index contributed by atoms with van der Waals surface area (Å²) in [5.41, 5.74) is 3.83. The minimum absolute atomic E-state index is 0.509. The van der Waals surface area contributed by atoms with Crippen molar-refractivity contribution in [3.8, 4) is 5.75 Å². The van der Waals surface area contributed by atoms with Crippen LogP contribution in [0.3, 0.4) is 0 Å². The highest BCUT2D eigenvalue weighted by Crippen LogP contribution is 2.23. The van der Waals surface area contributed by atoms with Gasteiger partial charge in [0.1, 0.15) is 12.4 Å². The average molecular weight is 254 g/mol. The minimum Gasteiger partial charge on any atom is -0.489 e. The normalized spacial score (nSPS) is 11.0. The second-order valence-corrected chi connectivity index (χ2v) is 4.16. The van der Waals surface area contributed by atoms with Crippen LogP contribution in [0.2, 0.25) is 0 Å². The van der Waals surface area contributed by atoms with Gasteiger partial charge < -0.3 is 10.1 Å². The van der Waals surface area contributed by atoms with E-state index in [2.05, 4.69) is 37.4 Å². The molecule has 1 N–H and O–H groups in total. The number of aryl methyl sites for hydroxylation is 1. The first-order valence-electron chi connectivity index (χ1n) is 5.96. The summed E-state index contributed by atoms with van der Waals surface area (Å²) in [5, 5.41) is 3.39. The summed E-state index contributed by atoms with van der Waals surface area (Å²) >= 11 is 5.48. The van der Waals surface area contributed by atoms with Crippen LogP contribution in [0.5, 0.6) is 5.75 Å². The molecule has 0 saturated carbocycles. The number of benzene rings is 1. The lowest BCUT2D eigenvalue weighted by atomic mass is 10.1. The fourth-order valence-electron chi connectivity index (χ4n) is 1.63. The van der Waals surface area contributed by atoms with E-state index in [9.17, 15) is 0 Å². The van der Waals surface area contributed by atoms with Crippen molar-refractivity contribution in [3.05, 3.63) is 40.9 Å². The van der Waals surface area contributed by atoms with Gasteiger partial charge in [-0.1, -0.05) is 36.7 Å². The largest absolute Gasteiger partial charge is 0.489 e. The van der Waals surface area contributed by atoms with Crippen LogP contribution >= 0.6 is 11.6 Å². The van der Waals surface area contributed by atoms with E-state index in [4.69, 9.17) is 16.3 Å². The van der Waals surface area contributed by atoms with Gasteiger partial charge in [-0.15, -0.1) is 0 Å². The topological polar surface area (TPSA) is 21.3 Å². The number of hydrogen-bond donors (Lipinski definition) is 1. The maximum absolute atomic E-state index is 5.73. The Kier molecular flexibility index (Phi) is 6.75. The molecule has 17 heavy (non-hydrogen) atoms. The van der Waals surface area contributed by atoms with E-state index in [0.29, 0.717) is 6.61 Å². The molecule has 0 aliphatic carbocycles. The zero-order valence-corrected chi connectivity index (χ0v) is 11.3. The van der Waals surface area contributed by atoms with Crippen LogP contribution < -0.4 is 10.1 Å². The quantitative estimate of drug-likeness (QED) is 0.750. The van der Waals surface area contributed by atoms with Crippen molar-refractivity contribution in [1.82, 2.24) is 5.32 Å². The minimum atomic E-state index is 0.509. The van der Waals surface area contributed by atoms with Crippen molar-refractivity contribution in [1.29, 1.82) is 0 Å². The number of nitrogens with one attached hydrogen (secondary N) is 1. The molecule has 1 aromatic rings. The maximum atomic E-state index is 5.73. The molecular formula is C14H20ClNO. The summed E-state index contributed by atoms with van der Waals surface area (Å²) in [6, 6.07) is 6.21. The van der Waals surface area contributed by atoms with Crippen LogP contribution in [0.15, 0.2) is 29.8 Å². The Morgan fingerprint density at radius 1 is 1.41 bits per heavy atom. The van der Waals surface area contributed by atoms with Crippen molar-refractivity contribution >= 4 is 11.6 Å². The lowest BCUT2D eigenvalue weighted by Gasteiger charge is -2.13. The first-order chi connectivity index (χ1) is 8.29. The molecule has 0 aromatic heterocycles. The van der Waals surface area contributed by atoms with E-state index >= 15 is 0 Å². The summed E-state index contributed by atoms with van der Waals surface area (Å²) in [4.78, 5) is 0. The smallest absolute Gasteiger partial charge is 0.127 e. The third-order valence-corrected chi connectivity index (χ3v) is 2.63. The van der Waals surface area contributed by atoms with Crippen molar-refractivity contribution in [2.45, 2.75) is 26.8 Å². The molecule has 1 aromatic carbocycles. The van der Waals surface area contributed by atoms with E-state index in [1.165, 1.54) is 11.1 Å². The highest BCUT2D eigenvalue weighted by molar-refractivity contribution is 6.25. The molecule has 0 aliphatic heterocycles. The summed E-state index contributed by atoms with van der Waals surface area (Å²) in [5.74, 6) is 0.964. The molecule has 0 spiro atoms. The van der Waals surface area contributed by atoms with Crippen molar-refractivity contribution in [3.63, 3.8) is 0 Å². The molecule has 0 bridgehead atoms. The Hall–Kier alpha value is -0.990. The molecule has 0 atom stereocenters. The van der Waals surface area contributed by atoms with Gasteiger partial charge in [0, 0.05) is 17.6 Å². The third kappa shape index (κ3) is 4.80. The van der Waals surface area contributed by atoms with Crippen LogP contribution in [0.25, 0.3) is 0 Å². The SMILES string of the molecule is CCCNCc1cccc(C)c1OC/C=C/Cl. The lowest BCUT2D eigenvalue weighted by Crippen LogP contribution is -2.15. The first kappa shape index (κ1) is 14.1. The van der Waals surface area contributed by atoms with Gasteiger partial charge in [-0.3, -0.25) is 0 Å². The van der Waals surface area contributed by atoms with Crippen molar-refractivity contribution in [2.24, 2.45) is 0 Å². The highest BCUT2D eigenvalue weighted by Gasteiger charge is 2.05. The standard InChI is InChI=1S/C14H20ClNO/c1-3-9-16-11-13-7-4-6-12(2)14(13)17-10-5-8-15/h4-8,16H,3,9-11H2,1-2H3/b8-5+. The van der Waals surface area contributed by atoms with E-state index in [1.807, 2.05) is 0 Å². The summed E-state index contributed by atoms with van der Waals surface area (Å²) in [7, 11) is 0. The van der Waals surface area contributed by atoms with Gasteiger partial charge in [-0.25, -0.2) is 0 Å². The summed E-state index contributed by atoms with van der Waals surface area (Å²) in [6.45, 7) is 6.59. The molecule has 0 unspecified atom stereocenters. The van der Waals surface area contributed by atoms with Crippen molar-refractivity contribution < 1.29 is 4.74 Å². The van der Waals surface area contributed by atoms with Crippen molar-refractivity contribution in [2.75, 3.05) is 13.2 Å². The van der Waals surface area contributed by atoms with E-state index < -0.39 is 0 Å². The molecule has 94 valence electrons. The van der Waals surface area contributed by atoms with E-state index in [0.717, 1.165) is 30.8 Å². The molecule has 0 aliphatic rings. The van der Waals surface area contributed by atoms with Gasteiger partial charge in [0.15, 0.2) is 0 Å². The van der Waals surface area contributed by atoms with Crippen LogP contribution in [0.1, 0.15) is 24.5 Å². The predicted molar refractivity (Wildman–Crippen MR) is 73.7 cm³/mol. The van der Waals surface area contributed by atoms with E-state index in [-0.39, 0.29) is 0 Å². The fourth-order valence-corrected chi connectivity index (χ4v) is 1.70. The molecule has 0 heterocycles. The zero-order chi connectivity index (χ0) is 12.5. The van der Waals surface area contributed by atoms with Gasteiger partial charge in [-0.05, 0) is 31.5 Å². The molecule has 0 saturated heterocycles. The summed E-state index contributed by atoms with van der Waals surface area (Å²) < 4.78 is 5.73. The molecule has 3 heteroatoms. The molecule has 0 amide bonds. The number of para-hydroxylation sites is 1. The van der Waals surface area contributed by atoms with Crippen LogP contribution in [-0.4, -0.2) is 13.2 Å². The predicted octanol–water partition coefficient (Wildman–Crippen LogP) is 3.63. The first-order valence-corrected chi connectivity index (χ1v) is 6.40. The molecule has 1 rings (SSSR count). The number of hydrogen-bond acceptors (Lipinski definition) is 2.